The Morgan fingerprint density at radius 1 is 1.17 bits per heavy atom. The average Bonchev–Trinajstić information content (AvgIpc) is 2.54. The summed E-state index contributed by atoms with van der Waals surface area (Å²) in [4.78, 5) is 13.7. The minimum atomic E-state index is -0.945. The molecule has 0 saturated carbocycles. The van der Waals surface area contributed by atoms with Crippen LogP contribution in [-0.4, -0.2) is 31.8 Å². The summed E-state index contributed by atoms with van der Waals surface area (Å²) >= 11 is 0. The first-order valence-corrected chi connectivity index (χ1v) is 7.88. The molecule has 0 atom stereocenters. The largest absolute Gasteiger partial charge is 0.494 e. The third-order valence-corrected chi connectivity index (χ3v) is 3.75. The highest BCUT2D eigenvalue weighted by Crippen LogP contribution is 2.26. The summed E-state index contributed by atoms with van der Waals surface area (Å²) in [7, 11) is 3.94. The van der Waals surface area contributed by atoms with Gasteiger partial charge in [-0.15, -0.1) is 0 Å². The Kier molecular flexibility index (Phi) is 5.64. The van der Waals surface area contributed by atoms with E-state index in [-0.39, 0.29) is 5.57 Å². The Morgan fingerprint density at radius 2 is 1.83 bits per heavy atom. The zero-order valence-corrected chi connectivity index (χ0v) is 14.5. The molecule has 0 heterocycles. The highest BCUT2D eigenvalue weighted by Gasteiger charge is 2.13. The first kappa shape index (κ1) is 17.6. The van der Waals surface area contributed by atoms with Gasteiger partial charge in [0.05, 0.1) is 12.2 Å². The zero-order chi connectivity index (χ0) is 17.7. The third kappa shape index (κ3) is 4.16. The lowest BCUT2D eigenvalue weighted by molar-refractivity contribution is -0.130. The van der Waals surface area contributed by atoms with Crippen LogP contribution >= 0.6 is 0 Å². The Balaban J connectivity index is 2.40. The van der Waals surface area contributed by atoms with Crippen LogP contribution in [0.15, 0.2) is 42.5 Å². The monoisotopic (exact) mass is 325 g/mol. The van der Waals surface area contributed by atoms with Gasteiger partial charge in [0.15, 0.2) is 0 Å². The molecule has 0 fully saturated rings. The van der Waals surface area contributed by atoms with Crippen molar-refractivity contribution in [3.8, 4) is 5.75 Å². The highest BCUT2D eigenvalue weighted by molar-refractivity contribution is 6.21. The van der Waals surface area contributed by atoms with Gasteiger partial charge in [-0.1, -0.05) is 18.2 Å². The number of hydrogen-bond donors (Lipinski definition) is 1. The molecule has 4 heteroatoms. The lowest BCUT2D eigenvalue weighted by Gasteiger charge is -2.13. The first-order chi connectivity index (χ1) is 11.4. The Labute approximate surface area is 143 Å². The number of carboxylic acids is 1. The van der Waals surface area contributed by atoms with Crippen LogP contribution in [0.4, 0.5) is 5.69 Å². The topological polar surface area (TPSA) is 49.8 Å². The number of benzene rings is 2. The molecule has 1 N–H and O–H groups in total. The number of carbonyl (C=O) groups is 1. The molecule has 0 aliphatic heterocycles. The minimum Gasteiger partial charge on any atom is -0.494 e. The second kappa shape index (κ2) is 7.68. The zero-order valence-electron chi connectivity index (χ0n) is 14.5. The SMILES string of the molecule is CCOc1ccc(/C(=C/c2ccc(N(C)C)cc2)C(=O)O)c(C)c1. The number of rotatable bonds is 6. The molecule has 2 rings (SSSR count). The van der Waals surface area contributed by atoms with Gasteiger partial charge in [0, 0.05) is 19.8 Å². The first-order valence-electron chi connectivity index (χ1n) is 7.88. The van der Waals surface area contributed by atoms with E-state index in [0.717, 1.165) is 22.6 Å². The molecule has 0 radical (unpaired) electrons. The van der Waals surface area contributed by atoms with Crippen molar-refractivity contribution in [2.24, 2.45) is 0 Å². The van der Waals surface area contributed by atoms with E-state index in [0.29, 0.717) is 12.2 Å². The number of aliphatic carboxylic acids is 1. The molecular weight excluding hydrogens is 302 g/mol. The van der Waals surface area contributed by atoms with Crippen LogP contribution in [0.2, 0.25) is 0 Å². The number of anilines is 1. The van der Waals surface area contributed by atoms with E-state index in [1.807, 2.05) is 63.2 Å². The van der Waals surface area contributed by atoms with Gasteiger partial charge in [0.2, 0.25) is 0 Å². The molecule has 0 spiro atoms. The third-order valence-electron chi connectivity index (χ3n) is 3.75. The van der Waals surface area contributed by atoms with E-state index in [4.69, 9.17) is 4.74 Å². The van der Waals surface area contributed by atoms with Crippen molar-refractivity contribution in [2.45, 2.75) is 13.8 Å². The molecule has 2 aromatic carbocycles. The van der Waals surface area contributed by atoms with Crippen molar-refractivity contribution in [1.29, 1.82) is 0 Å². The Bertz CT molecular complexity index is 746. The van der Waals surface area contributed by atoms with Gasteiger partial charge >= 0.3 is 5.97 Å². The van der Waals surface area contributed by atoms with E-state index in [1.54, 1.807) is 18.2 Å². The molecule has 0 aliphatic rings. The van der Waals surface area contributed by atoms with Gasteiger partial charge < -0.3 is 14.7 Å². The predicted octanol–water partition coefficient (Wildman–Crippen LogP) is 4.08. The summed E-state index contributed by atoms with van der Waals surface area (Å²) in [6.45, 7) is 4.39. The summed E-state index contributed by atoms with van der Waals surface area (Å²) in [6.07, 6.45) is 1.70. The Hall–Kier alpha value is -2.75. The van der Waals surface area contributed by atoms with Crippen molar-refractivity contribution in [3.05, 3.63) is 59.2 Å². The van der Waals surface area contributed by atoms with Crippen LogP contribution in [-0.2, 0) is 4.79 Å². The summed E-state index contributed by atoms with van der Waals surface area (Å²) in [6, 6.07) is 13.2. The standard InChI is InChI=1S/C20H23NO3/c1-5-24-17-10-11-18(14(2)12-17)19(20(22)23)13-15-6-8-16(9-7-15)21(3)4/h6-13H,5H2,1-4H3,(H,22,23)/b19-13-. The van der Waals surface area contributed by atoms with Gasteiger partial charge in [-0.2, -0.15) is 0 Å². The molecule has 0 bridgehead atoms. The summed E-state index contributed by atoms with van der Waals surface area (Å²) in [5.74, 6) is -0.197. The fourth-order valence-corrected chi connectivity index (χ4v) is 2.48. The van der Waals surface area contributed by atoms with Gasteiger partial charge in [-0.25, -0.2) is 4.79 Å². The van der Waals surface area contributed by atoms with Crippen LogP contribution in [0.25, 0.3) is 11.6 Å². The average molecular weight is 325 g/mol. The molecule has 2 aromatic rings. The van der Waals surface area contributed by atoms with Crippen molar-refractivity contribution < 1.29 is 14.6 Å². The second-order valence-corrected chi connectivity index (χ2v) is 5.76. The Morgan fingerprint density at radius 3 is 2.33 bits per heavy atom. The number of nitrogens with zero attached hydrogens (tertiary/aromatic N) is 1. The fraction of sp³-hybridized carbons (Fsp3) is 0.250. The fourth-order valence-electron chi connectivity index (χ4n) is 2.48. The summed E-state index contributed by atoms with van der Waals surface area (Å²) in [5.41, 5.74) is 3.77. The van der Waals surface area contributed by atoms with Crippen LogP contribution in [0.3, 0.4) is 0 Å². The molecule has 0 aliphatic carbocycles. The van der Waals surface area contributed by atoms with Crippen LogP contribution in [0.5, 0.6) is 5.75 Å². The molecule has 0 aromatic heterocycles. The van der Waals surface area contributed by atoms with Gasteiger partial charge in [0.1, 0.15) is 5.75 Å². The number of hydrogen-bond acceptors (Lipinski definition) is 3. The number of carboxylic acid groups (broad SMARTS) is 1. The maximum atomic E-state index is 11.7. The highest BCUT2D eigenvalue weighted by atomic mass is 16.5. The van der Waals surface area contributed by atoms with Gasteiger partial charge in [0.25, 0.3) is 0 Å². The summed E-state index contributed by atoms with van der Waals surface area (Å²) in [5, 5.41) is 9.62. The second-order valence-electron chi connectivity index (χ2n) is 5.76. The van der Waals surface area contributed by atoms with Crippen molar-refractivity contribution >= 4 is 23.3 Å². The van der Waals surface area contributed by atoms with Crippen LogP contribution in [0.1, 0.15) is 23.6 Å². The van der Waals surface area contributed by atoms with Crippen molar-refractivity contribution in [2.75, 3.05) is 25.6 Å². The smallest absolute Gasteiger partial charge is 0.336 e. The van der Waals surface area contributed by atoms with E-state index in [2.05, 4.69) is 0 Å². The lowest BCUT2D eigenvalue weighted by atomic mass is 9.98. The molecule has 0 amide bonds. The van der Waals surface area contributed by atoms with E-state index in [9.17, 15) is 9.90 Å². The van der Waals surface area contributed by atoms with Crippen molar-refractivity contribution in [3.63, 3.8) is 0 Å². The van der Waals surface area contributed by atoms with Gasteiger partial charge in [-0.3, -0.25) is 0 Å². The van der Waals surface area contributed by atoms with E-state index in [1.165, 1.54) is 0 Å². The molecule has 0 unspecified atom stereocenters. The summed E-state index contributed by atoms with van der Waals surface area (Å²) < 4.78 is 5.46. The quantitative estimate of drug-likeness (QED) is 0.642. The van der Waals surface area contributed by atoms with E-state index < -0.39 is 5.97 Å². The minimum absolute atomic E-state index is 0.271. The molecule has 24 heavy (non-hydrogen) atoms. The molecule has 4 nitrogen and oxygen atoms in total. The normalized spacial score (nSPS) is 11.2. The predicted molar refractivity (Wildman–Crippen MR) is 98.6 cm³/mol. The van der Waals surface area contributed by atoms with Crippen LogP contribution in [0, 0.1) is 6.92 Å². The molecule has 126 valence electrons. The molecule has 0 saturated heterocycles. The lowest BCUT2D eigenvalue weighted by Crippen LogP contribution is -2.08. The maximum Gasteiger partial charge on any atom is 0.336 e. The van der Waals surface area contributed by atoms with Crippen LogP contribution < -0.4 is 9.64 Å². The van der Waals surface area contributed by atoms with E-state index >= 15 is 0 Å². The van der Waals surface area contributed by atoms with Gasteiger partial charge in [-0.05, 0) is 60.9 Å². The maximum absolute atomic E-state index is 11.7. The molecular formula is C20H23NO3. The van der Waals surface area contributed by atoms with Crippen molar-refractivity contribution in [1.82, 2.24) is 0 Å². The number of aryl methyl sites for hydroxylation is 1. The number of ether oxygens (including phenoxy) is 1.